The topological polar surface area (TPSA) is 132 Å². The van der Waals surface area contributed by atoms with E-state index in [2.05, 4.69) is 21.9 Å². The predicted molar refractivity (Wildman–Crippen MR) is 177 cm³/mol. The Kier molecular flexibility index (Phi) is 18.1. The Morgan fingerprint density at radius 1 is 0.800 bits per heavy atom. The van der Waals surface area contributed by atoms with Crippen LogP contribution in [0.15, 0.2) is 47.5 Å². The summed E-state index contributed by atoms with van der Waals surface area (Å²) in [5, 5.41) is 2.82. The van der Waals surface area contributed by atoms with Gasteiger partial charge in [0.1, 0.15) is 6.61 Å². The van der Waals surface area contributed by atoms with E-state index in [-0.39, 0.29) is 34.9 Å². The summed E-state index contributed by atoms with van der Waals surface area (Å²) >= 11 is 0. The minimum absolute atomic E-state index is 0.00895. The molecule has 0 saturated heterocycles. The number of carbonyl (C=O) groups is 3. The Labute approximate surface area is 270 Å². The fourth-order valence-electron chi connectivity index (χ4n) is 4.77. The average molecular weight is 644 g/mol. The molecule has 2 amide bonds. The van der Waals surface area contributed by atoms with Crippen LogP contribution in [0.3, 0.4) is 0 Å². The number of carbonyl (C=O) groups excluding carboxylic acids is 3. The van der Waals surface area contributed by atoms with Crippen LogP contribution in [0, 0.1) is 5.92 Å². The molecule has 1 aromatic carbocycles. The van der Waals surface area contributed by atoms with Gasteiger partial charge in [-0.1, -0.05) is 110 Å². The standard InChI is InChI=1S/C35H53N3O6S/c1-4-5-6-7-8-9-10-11-12-13-14-15-16-17-33(39)44-27-31-21-20-30(26-37-31)35(41)38-45(42,43)32-22-18-29(19-23-32)24-25-36-34(40)28(2)3/h18-23,26,28H,4-17,24-25,27H2,1-3H3,(H,36,40)(H,38,41). The van der Waals surface area contributed by atoms with Crippen LogP contribution in [0.25, 0.3) is 0 Å². The SMILES string of the molecule is CCCCCCCCCCCCCCCC(=O)OCc1ccc(C(=O)NS(=O)(=O)c2ccc(CCNC(=O)C(C)C)cc2)cn1. The Morgan fingerprint density at radius 3 is 1.91 bits per heavy atom. The van der Waals surface area contributed by atoms with Crippen LogP contribution in [-0.4, -0.2) is 37.7 Å². The molecule has 0 radical (unpaired) electrons. The highest BCUT2D eigenvalue weighted by molar-refractivity contribution is 7.90. The zero-order valence-electron chi connectivity index (χ0n) is 27.4. The third-order valence-electron chi connectivity index (χ3n) is 7.65. The van der Waals surface area contributed by atoms with Gasteiger partial charge in [-0.15, -0.1) is 0 Å². The largest absolute Gasteiger partial charge is 0.459 e. The van der Waals surface area contributed by atoms with E-state index >= 15 is 0 Å². The minimum atomic E-state index is -4.09. The lowest BCUT2D eigenvalue weighted by molar-refractivity contribution is -0.145. The van der Waals surface area contributed by atoms with E-state index in [4.69, 9.17) is 4.74 Å². The number of hydrogen-bond donors (Lipinski definition) is 2. The summed E-state index contributed by atoms with van der Waals surface area (Å²) in [5.41, 5.74) is 1.39. The lowest BCUT2D eigenvalue weighted by Crippen LogP contribution is -2.30. The molecule has 1 heterocycles. The Hall–Kier alpha value is -3.27. The number of benzene rings is 1. The van der Waals surface area contributed by atoms with Crippen LogP contribution in [0.1, 0.15) is 132 Å². The van der Waals surface area contributed by atoms with Crippen LogP contribution in [-0.2, 0) is 37.4 Å². The number of amides is 2. The monoisotopic (exact) mass is 643 g/mol. The first-order valence-electron chi connectivity index (χ1n) is 16.7. The summed E-state index contributed by atoms with van der Waals surface area (Å²) in [6.45, 7) is 6.31. The summed E-state index contributed by atoms with van der Waals surface area (Å²) in [4.78, 5) is 40.5. The van der Waals surface area contributed by atoms with Gasteiger partial charge in [0.25, 0.3) is 15.9 Å². The predicted octanol–water partition coefficient (Wildman–Crippen LogP) is 7.04. The zero-order chi connectivity index (χ0) is 32.9. The fraction of sp³-hybridized carbons (Fsp3) is 0.600. The molecule has 250 valence electrons. The number of pyridine rings is 1. The molecule has 9 nitrogen and oxygen atoms in total. The summed E-state index contributed by atoms with van der Waals surface area (Å²) in [7, 11) is -4.09. The van der Waals surface area contributed by atoms with Crippen molar-refractivity contribution in [1.29, 1.82) is 0 Å². The van der Waals surface area contributed by atoms with E-state index < -0.39 is 15.9 Å². The molecule has 0 spiro atoms. The fourth-order valence-corrected chi connectivity index (χ4v) is 5.74. The third-order valence-corrected chi connectivity index (χ3v) is 9.00. The molecular weight excluding hydrogens is 590 g/mol. The first kappa shape index (κ1) is 37.9. The van der Waals surface area contributed by atoms with Gasteiger partial charge in [-0.3, -0.25) is 19.4 Å². The highest BCUT2D eigenvalue weighted by Gasteiger charge is 2.19. The van der Waals surface area contributed by atoms with Gasteiger partial charge in [-0.05, 0) is 42.7 Å². The second kappa shape index (κ2) is 21.5. The Morgan fingerprint density at radius 2 is 1.38 bits per heavy atom. The average Bonchev–Trinajstić information content (AvgIpc) is 3.02. The van der Waals surface area contributed by atoms with Crippen LogP contribution < -0.4 is 10.0 Å². The lowest BCUT2D eigenvalue weighted by atomic mass is 10.0. The summed E-state index contributed by atoms with van der Waals surface area (Å²) in [6.07, 6.45) is 18.3. The van der Waals surface area contributed by atoms with Gasteiger partial charge in [0.05, 0.1) is 16.2 Å². The van der Waals surface area contributed by atoms with Crippen LogP contribution in [0.2, 0.25) is 0 Å². The number of nitrogens with one attached hydrogen (secondary N) is 2. The van der Waals surface area contributed by atoms with E-state index in [1.54, 1.807) is 12.1 Å². The molecule has 10 heteroatoms. The van der Waals surface area contributed by atoms with Gasteiger partial charge < -0.3 is 10.1 Å². The molecule has 0 aliphatic carbocycles. The van der Waals surface area contributed by atoms with E-state index in [1.165, 1.54) is 94.7 Å². The summed E-state index contributed by atoms with van der Waals surface area (Å²) < 4.78 is 32.8. The van der Waals surface area contributed by atoms with Gasteiger partial charge in [0, 0.05) is 25.1 Å². The van der Waals surface area contributed by atoms with E-state index in [1.807, 2.05) is 13.8 Å². The molecule has 0 unspecified atom stereocenters. The zero-order valence-corrected chi connectivity index (χ0v) is 28.3. The number of unbranched alkanes of at least 4 members (excludes halogenated alkanes) is 12. The molecule has 2 N–H and O–H groups in total. The molecule has 2 rings (SSSR count). The van der Waals surface area contributed by atoms with E-state index in [0.717, 1.165) is 24.8 Å². The maximum atomic E-state index is 12.7. The number of hydrogen-bond acceptors (Lipinski definition) is 7. The number of aromatic nitrogens is 1. The van der Waals surface area contributed by atoms with Crippen molar-refractivity contribution in [2.24, 2.45) is 5.92 Å². The van der Waals surface area contributed by atoms with Crippen molar-refractivity contribution in [2.45, 2.75) is 129 Å². The molecule has 0 saturated carbocycles. The van der Waals surface area contributed by atoms with Crippen molar-refractivity contribution in [2.75, 3.05) is 6.54 Å². The first-order chi connectivity index (χ1) is 21.6. The number of sulfonamides is 1. The molecular formula is C35H53N3O6S. The Bertz CT molecular complexity index is 1260. The second-order valence-corrected chi connectivity index (χ2v) is 13.6. The van der Waals surface area contributed by atoms with Crippen LogP contribution in [0.4, 0.5) is 0 Å². The molecule has 45 heavy (non-hydrogen) atoms. The number of esters is 1. The highest BCUT2D eigenvalue weighted by atomic mass is 32.2. The minimum Gasteiger partial charge on any atom is -0.459 e. The van der Waals surface area contributed by atoms with Crippen molar-refractivity contribution >= 4 is 27.8 Å². The van der Waals surface area contributed by atoms with Crippen molar-refractivity contribution < 1.29 is 27.5 Å². The Balaban J connectivity index is 1.63. The lowest BCUT2D eigenvalue weighted by Gasteiger charge is -2.10. The van der Waals surface area contributed by atoms with Gasteiger partial charge >= 0.3 is 5.97 Å². The molecule has 0 fully saturated rings. The molecule has 0 aliphatic heterocycles. The van der Waals surface area contributed by atoms with Crippen LogP contribution in [0.5, 0.6) is 0 Å². The van der Waals surface area contributed by atoms with E-state index in [9.17, 15) is 22.8 Å². The van der Waals surface area contributed by atoms with E-state index in [0.29, 0.717) is 25.1 Å². The molecule has 0 aliphatic rings. The van der Waals surface area contributed by atoms with Crippen molar-refractivity contribution in [3.8, 4) is 0 Å². The van der Waals surface area contributed by atoms with Gasteiger partial charge in [0.15, 0.2) is 0 Å². The molecule has 0 atom stereocenters. The molecule has 2 aromatic rings. The number of rotatable bonds is 23. The summed E-state index contributed by atoms with van der Waals surface area (Å²) in [6, 6.07) is 9.12. The molecule has 0 bridgehead atoms. The number of nitrogens with zero attached hydrogens (tertiary/aromatic N) is 1. The first-order valence-corrected chi connectivity index (χ1v) is 18.1. The number of ether oxygens (including phenoxy) is 1. The van der Waals surface area contributed by atoms with Crippen molar-refractivity contribution in [3.05, 3.63) is 59.4 Å². The third kappa shape index (κ3) is 16.0. The molecule has 1 aromatic heterocycles. The normalized spacial score (nSPS) is 11.4. The van der Waals surface area contributed by atoms with Gasteiger partial charge in [-0.2, -0.15) is 0 Å². The summed E-state index contributed by atoms with van der Waals surface area (Å²) in [5.74, 6) is -1.23. The smallest absolute Gasteiger partial charge is 0.306 e. The van der Waals surface area contributed by atoms with Crippen LogP contribution >= 0.6 is 0 Å². The highest BCUT2D eigenvalue weighted by Crippen LogP contribution is 2.14. The van der Waals surface area contributed by atoms with Crippen molar-refractivity contribution in [3.63, 3.8) is 0 Å². The second-order valence-electron chi connectivity index (χ2n) is 12.0. The van der Waals surface area contributed by atoms with Gasteiger partial charge in [0.2, 0.25) is 5.91 Å². The van der Waals surface area contributed by atoms with Gasteiger partial charge in [-0.25, -0.2) is 13.1 Å². The van der Waals surface area contributed by atoms with Crippen molar-refractivity contribution in [1.82, 2.24) is 15.0 Å². The quantitative estimate of drug-likeness (QED) is 0.0981. The maximum Gasteiger partial charge on any atom is 0.306 e. The maximum absolute atomic E-state index is 12.7.